The van der Waals surface area contributed by atoms with Gasteiger partial charge in [0.05, 0.1) is 13.0 Å². The summed E-state index contributed by atoms with van der Waals surface area (Å²) in [7, 11) is 1.28. The molecule has 8 nitrogen and oxygen atoms in total. The molecule has 1 atom stereocenters. The first-order valence-corrected chi connectivity index (χ1v) is 5.68. The summed E-state index contributed by atoms with van der Waals surface area (Å²) >= 11 is 0. The standard InChI is InChI=1S/C12H12FNO7/c1-21-6-2-3-7(9(13)4-6)8(5-14(19)20)10(11(15)16)12(17)18/h2-4,8,10H,5H2,1H3,(H,15,16)(H,17,18)/t8-/m0/s1. The summed E-state index contributed by atoms with van der Waals surface area (Å²) in [5.74, 6) is -8.15. The van der Waals surface area contributed by atoms with E-state index in [4.69, 9.17) is 14.9 Å². The van der Waals surface area contributed by atoms with Gasteiger partial charge in [-0.05, 0) is 11.6 Å². The number of methoxy groups -OCH3 is 1. The molecule has 0 amide bonds. The molecule has 0 saturated heterocycles. The minimum Gasteiger partial charge on any atom is -0.497 e. The van der Waals surface area contributed by atoms with E-state index in [2.05, 4.69) is 0 Å². The molecule has 1 rings (SSSR count). The molecule has 0 aliphatic rings. The third kappa shape index (κ3) is 3.88. The summed E-state index contributed by atoms with van der Waals surface area (Å²) in [4.78, 5) is 31.8. The lowest BCUT2D eigenvalue weighted by Crippen LogP contribution is -2.34. The number of rotatable bonds is 7. The van der Waals surface area contributed by atoms with Gasteiger partial charge < -0.3 is 14.9 Å². The molecule has 9 heteroatoms. The van der Waals surface area contributed by atoms with E-state index in [1.54, 1.807) is 0 Å². The first kappa shape index (κ1) is 16.3. The van der Waals surface area contributed by atoms with Crippen LogP contribution >= 0.6 is 0 Å². The Morgan fingerprint density at radius 3 is 2.33 bits per heavy atom. The van der Waals surface area contributed by atoms with Crippen molar-refractivity contribution in [3.8, 4) is 5.75 Å². The monoisotopic (exact) mass is 301 g/mol. The first-order valence-electron chi connectivity index (χ1n) is 5.68. The molecule has 0 saturated carbocycles. The van der Waals surface area contributed by atoms with E-state index in [0.29, 0.717) is 0 Å². The maximum absolute atomic E-state index is 13.9. The van der Waals surface area contributed by atoms with Crippen LogP contribution in [0.3, 0.4) is 0 Å². The fraction of sp³-hybridized carbons (Fsp3) is 0.333. The third-order valence-electron chi connectivity index (χ3n) is 2.89. The number of nitro groups is 1. The summed E-state index contributed by atoms with van der Waals surface area (Å²) in [6.07, 6.45) is 0. The second kappa shape index (κ2) is 6.64. The largest absolute Gasteiger partial charge is 0.497 e. The predicted molar refractivity (Wildman–Crippen MR) is 66.3 cm³/mol. The number of hydrogen-bond donors (Lipinski definition) is 2. The van der Waals surface area contributed by atoms with E-state index in [-0.39, 0.29) is 11.3 Å². The summed E-state index contributed by atoms with van der Waals surface area (Å²) in [6.45, 7) is -1.02. The molecule has 0 spiro atoms. The number of carboxylic acids is 2. The number of aliphatic carboxylic acids is 2. The molecule has 0 fully saturated rings. The Morgan fingerprint density at radius 1 is 1.38 bits per heavy atom. The van der Waals surface area contributed by atoms with Crippen molar-refractivity contribution >= 4 is 11.9 Å². The molecule has 0 bridgehead atoms. The van der Waals surface area contributed by atoms with Gasteiger partial charge in [-0.3, -0.25) is 19.7 Å². The molecule has 0 aromatic heterocycles. The smallest absolute Gasteiger partial charge is 0.318 e. The number of hydrogen-bond acceptors (Lipinski definition) is 5. The van der Waals surface area contributed by atoms with Crippen molar-refractivity contribution in [1.29, 1.82) is 0 Å². The molecule has 0 aliphatic carbocycles. The SMILES string of the molecule is COc1ccc([C@H](C[N+](=O)[O-])C(C(=O)O)C(=O)O)c(F)c1. The molecule has 114 valence electrons. The molecule has 21 heavy (non-hydrogen) atoms. The van der Waals surface area contributed by atoms with Crippen LogP contribution in [0.4, 0.5) is 4.39 Å². The molecule has 0 aliphatic heterocycles. The summed E-state index contributed by atoms with van der Waals surface area (Å²) in [6, 6.07) is 3.26. The molecular weight excluding hydrogens is 289 g/mol. The fourth-order valence-corrected chi connectivity index (χ4v) is 1.93. The number of ether oxygens (including phenoxy) is 1. The second-order valence-corrected chi connectivity index (χ2v) is 4.16. The molecular formula is C12H12FNO7. The zero-order chi connectivity index (χ0) is 16.2. The van der Waals surface area contributed by atoms with Crippen molar-refractivity contribution in [3.63, 3.8) is 0 Å². The fourth-order valence-electron chi connectivity index (χ4n) is 1.93. The van der Waals surface area contributed by atoms with Crippen LogP contribution in [0.1, 0.15) is 11.5 Å². The highest BCUT2D eigenvalue weighted by atomic mass is 19.1. The van der Waals surface area contributed by atoms with Gasteiger partial charge in [-0.2, -0.15) is 0 Å². The lowest BCUT2D eigenvalue weighted by Gasteiger charge is -2.18. The summed E-state index contributed by atoms with van der Waals surface area (Å²) < 4.78 is 18.7. The highest BCUT2D eigenvalue weighted by Crippen LogP contribution is 2.30. The quantitative estimate of drug-likeness (QED) is 0.436. The highest BCUT2D eigenvalue weighted by molar-refractivity contribution is 5.94. The van der Waals surface area contributed by atoms with Crippen LogP contribution in [-0.4, -0.2) is 40.7 Å². The van der Waals surface area contributed by atoms with Gasteiger partial charge in [-0.15, -0.1) is 0 Å². The van der Waals surface area contributed by atoms with Gasteiger partial charge in [0, 0.05) is 11.0 Å². The average Bonchev–Trinajstić information content (AvgIpc) is 2.36. The number of halogens is 1. The van der Waals surface area contributed by atoms with Crippen LogP contribution in [0.2, 0.25) is 0 Å². The van der Waals surface area contributed by atoms with Crippen LogP contribution in [-0.2, 0) is 9.59 Å². The van der Waals surface area contributed by atoms with Crippen molar-refractivity contribution in [1.82, 2.24) is 0 Å². The Bertz CT molecular complexity index is 561. The molecule has 0 radical (unpaired) electrons. The van der Waals surface area contributed by atoms with Crippen molar-refractivity contribution in [3.05, 3.63) is 39.7 Å². The Kier molecular flexibility index (Phi) is 5.17. The molecule has 0 heterocycles. The normalized spacial score (nSPS) is 12.0. The predicted octanol–water partition coefficient (Wildman–Crippen LogP) is 0.980. The Hall–Kier alpha value is -2.71. The maximum atomic E-state index is 13.9. The lowest BCUT2D eigenvalue weighted by molar-refractivity contribution is -0.484. The van der Waals surface area contributed by atoms with Crippen LogP contribution < -0.4 is 4.74 Å². The Balaban J connectivity index is 3.33. The van der Waals surface area contributed by atoms with Crippen molar-refractivity contribution in [2.75, 3.05) is 13.7 Å². The van der Waals surface area contributed by atoms with E-state index in [1.807, 2.05) is 0 Å². The first-order chi connectivity index (χ1) is 9.77. The van der Waals surface area contributed by atoms with E-state index in [1.165, 1.54) is 13.2 Å². The zero-order valence-electron chi connectivity index (χ0n) is 10.9. The molecule has 0 unspecified atom stereocenters. The third-order valence-corrected chi connectivity index (χ3v) is 2.89. The minimum absolute atomic E-state index is 0.123. The summed E-state index contributed by atoms with van der Waals surface area (Å²) in [5, 5.41) is 28.5. The van der Waals surface area contributed by atoms with E-state index in [0.717, 1.165) is 12.1 Å². The molecule has 2 N–H and O–H groups in total. The van der Waals surface area contributed by atoms with Gasteiger partial charge in [0.25, 0.3) is 0 Å². The van der Waals surface area contributed by atoms with Gasteiger partial charge >= 0.3 is 11.9 Å². The number of carboxylic acid groups (broad SMARTS) is 2. The lowest BCUT2D eigenvalue weighted by atomic mass is 9.85. The van der Waals surface area contributed by atoms with Gasteiger partial charge in [0.15, 0.2) is 5.92 Å². The Morgan fingerprint density at radius 2 is 1.95 bits per heavy atom. The minimum atomic E-state index is -2.13. The summed E-state index contributed by atoms with van der Waals surface area (Å²) in [5.41, 5.74) is -0.359. The van der Waals surface area contributed by atoms with Crippen LogP contribution in [0.5, 0.6) is 5.75 Å². The molecule has 1 aromatic carbocycles. The number of nitrogens with zero attached hydrogens (tertiary/aromatic N) is 1. The second-order valence-electron chi connectivity index (χ2n) is 4.16. The average molecular weight is 301 g/mol. The van der Waals surface area contributed by atoms with Gasteiger partial charge in [-0.1, -0.05) is 6.07 Å². The van der Waals surface area contributed by atoms with Gasteiger partial charge in [0.2, 0.25) is 6.54 Å². The maximum Gasteiger partial charge on any atom is 0.318 e. The van der Waals surface area contributed by atoms with Crippen molar-refractivity contribution in [2.24, 2.45) is 5.92 Å². The van der Waals surface area contributed by atoms with E-state index < -0.39 is 41.1 Å². The van der Waals surface area contributed by atoms with E-state index >= 15 is 0 Å². The van der Waals surface area contributed by atoms with Crippen LogP contribution in [0, 0.1) is 21.8 Å². The zero-order valence-corrected chi connectivity index (χ0v) is 10.9. The number of benzene rings is 1. The van der Waals surface area contributed by atoms with Crippen LogP contribution in [0.15, 0.2) is 18.2 Å². The van der Waals surface area contributed by atoms with Crippen molar-refractivity contribution < 1.29 is 33.9 Å². The highest BCUT2D eigenvalue weighted by Gasteiger charge is 2.40. The Labute approximate surface area is 117 Å². The van der Waals surface area contributed by atoms with Crippen molar-refractivity contribution in [2.45, 2.75) is 5.92 Å². The van der Waals surface area contributed by atoms with Gasteiger partial charge in [-0.25, -0.2) is 4.39 Å². The van der Waals surface area contributed by atoms with Gasteiger partial charge in [0.1, 0.15) is 11.6 Å². The molecule has 1 aromatic rings. The number of carbonyl (C=O) groups is 2. The topological polar surface area (TPSA) is 127 Å². The van der Waals surface area contributed by atoms with E-state index in [9.17, 15) is 24.1 Å². The van der Waals surface area contributed by atoms with Crippen LogP contribution in [0.25, 0.3) is 0 Å².